The quantitative estimate of drug-likeness (QED) is 0.507. The topological polar surface area (TPSA) is 63.2 Å². The first kappa shape index (κ1) is 12.0. The second-order valence-corrected chi connectivity index (χ2v) is 7.07. The number of rotatable bonds is 6. The van der Waals surface area contributed by atoms with Gasteiger partial charge >= 0.3 is 0 Å². The Bertz CT molecular complexity index is 1360. The first-order chi connectivity index (χ1) is 17.1. The zero-order valence-electron chi connectivity index (χ0n) is 23.2. The van der Waals surface area contributed by atoms with E-state index in [-0.39, 0.29) is 23.0 Å². The molecule has 0 spiro atoms. The molecule has 0 aliphatic carbocycles. The number of amides is 1. The van der Waals surface area contributed by atoms with Crippen LogP contribution in [0.5, 0.6) is 0 Å². The van der Waals surface area contributed by atoms with Gasteiger partial charge in [0.15, 0.2) is 5.65 Å². The summed E-state index contributed by atoms with van der Waals surface area (Å²) in [5.74, 6) is -3.31. The summed E-state index contributed by atoms with van der Waals surface area (Å²) >= 11 is 5.99. The molecule has 1 amide bonds. The lowest BCUT2D eigenvalue weighted by atomic mass is 9.97. The highest BCUT2D eigenvalue weighted by molar-refractivity contribution is 6.29. The summed E-state index contributed by atoms with van der Waals surface area (Å²) in [5.41, 5.74) is 1.14. The number of anilines is 1. The molecule has 5 nitrogen and oxygen atoms in total. The molecular weight excluding hydrogens is 386 g/mol. The number of nitrogens with zero attached hydrogens (tertiary/aromatic N) is 3. The molecular formula is C23H22ClN3O2. The molecule has 1 aliphatic rings. The monoisotopic (exact) mass is 415 g/mol. The maximum Gasteiger partial charge on any atom is 0.260 e. The van der Waals surface area contributed by atoms with Crippen molar-refractivity contribution >= 4 is 40.1 Å². The van der Waals surface area contributed by atoms with Crippen LogP contribution in [0.2, 0.25) is 5.15 Å². The van der Waals surface area contributed by atoms with Crippen molar-refractivity contribution in [1.29, 1.82) is 0 Å². The molecule has 6 heteroatoms. The van der Waals surface area contributed by atoms with Crippen molar-refractivity contribution in [2.45, 2.75) is 39.0 Å². The van der Waals surface area contributed by atoms with E-state index in [1.54, 1.807) is 48.5 Å². The molecule has 0 saturated carbocycles. The summed E-state index contributed by atoms with van der Waals surface area (Å²) < 4.78 is 61.8. The number of halogens is 1. The van der Waals surface area contributed by atoms with Crippen molar-refractivity contribution in [2.75, 3.05) is 4.90 Å². The van der Waals surface area contributed by atoms with Gasteiger partial charge in [-0.15, -0.1) is 0 Å². The number of aromatic nitrogens is 2. The number of benzene rings is 1. The predicted molar refractivity (Wildman–Crippen MR) is 114 cm³/mol. The van der Waals surface area contributed by atoms with Crippen molar-refractivity contribution in [3.05, 3.63) is 64.8 Å². The van der Waals surface area contributed by atoms with Crippen LogP contribution in [0.1, 0.15) is 65.8 Å². The molecule has 0 saturated heterocycles. The fourth-order valence-corrected chi connectivity index (χ4v) is 3.60. The maximum absolute atomic E-state index is 13.4. The van der Waals surface area contributed by atoms with Gasteiger partial charge in [0.05, 0.1) is 6.04 Å². The minimum absolute atomic E-state index is 0.201. The van der Waals surface area contributed by atoms with Gasteiger partial charge in [-0.1, -0.05) is 43.5 Å². The van der Waals surface area contributed by atoms with Crippen LogP contribution in [0.15, 0.2) is 48.5 Å². The molecule has 1 aromatic carbocycles. The van der Waals surface area contributed by atoms with Crippen LogP contribution in [0.25, 0.3) is 11.0 Å². The predicted octanol–water partition coefficient (Wildman–Crippen LogP) is 5.38. The zero-order chi connectivity index (χ0) is 27.3. The van der Waals surface area contributed by atoms with Crippen LogP contribution in [-0.4, -0.2) is 21.7 Å². The number of hydrogen-bond acceptors (Lipinski definition) is 4. The average Bonchev–Trinajstić information content (AvgIpc) is 3.02. The lowest BCUT2D eigenvalue weighted by Gasteiger charge is -2.24. The molecule has 148 valence electrons. The van der Waals surface area contributed by atoms with E-state index in [0.29, 0.717) is 16.5 Å². The van der Waals surface area contributed by atoms with Crippen LogP contribution in [0.4, 0.5) is 5.82 Å². The largest absolute Gasteiger partial charge is 0.300 e. The van der Waals surface area contributed by atoms with E-state index >= 15 is 0 Å². The summed E-state index contributed by atoms with van der Waals surface area (Å²) in [6.07, 6.45) is -4.17. The molecule has 3 heterocycles. The van der Waals surface area contributed by atoms with Gasteiger partial charge in [-0.2, -0.15) is 0 Å². The van der Waals surface area contributed by atoms with E-state index in [9.17, 15) is 9.59 Å². The second kappa shape index (κ2) is 7.91. The number of ketones is 1. The molecule has 0 fully saturated rings. The fraction of sp³-hybridized carbons (Fsp3) is 0.304. The Kier molecular flexibility index (Phi) is 3.28. The van der Waals surface area contributed by atoms with E-state index in [2.05, 4.69) is 9.97 Å². The summed E-state index contributed by atoms with van der Waals surface area (Å²) in [6.45, 7) is -6.31. The Hall–Kier alpha value is -2.79. The number of hydrogen-bond donors (Lipinski definition) is 0. The first-order valence-corrected chi connectivity index (χ1v) is 9.35. The molecule has 29 heavy (non-hydrogen) atoms. The highest BCUT2D eigenvalue weighted by Gasteiger charge is 2.39. The van der Waals surface area contributed by atoms with Crippen molar-refractivity contribution in [1.82, 2.24) is 9.97 Å². The molecule has 3 aromatic rings. The summed E-state index contributed by atoms with van der Waals surface area (Å²) in [5, 5.41) is 0.888. The third kappa shape index (κ3) is 3.87. The Balaban J connectivity index is 1.68. The van der Waals surface area contributed by atoms with E-state index in [0.717, 1.165) is 0 Å². The van der Waals surface area contributed by atoms with Crippen molar-refractivity contribution in [3.8, 4) is 0 Å². The van der Waals surface area contributed by atoms with Crippen molar-refractivity contribution < 1.29 is 20.6 Å². The van der Waals surface area contributed by atoms with E-state index < -0.39 is 50.1 Å². The lowest BCUT2D eigenvalue weighted by Crippen LogP contribution is -2.30. The van der Waals surface area contributed by atoms with Gasteiger partial charge < -0.3 is 0 Å². The molecule has 0 radical (unpaired) electrons. The van der Waals surface area contributed by atoms with Crippen LogP contribution in [0, 0.1) is 5.92 Å². The molecule has 0 bridgehead atoms. The van der Waals surface area contributed by atoms with E-state index in [1.165, 1.54) is 4.90 Å². The third-order valence-corrected chi connectivity index (χ3v) is 4.97. The van der Waals surface area contributed by atoms with Crippen LogP contribution in [-0.2, 0) is 4.79 Å². The fourth-order valence-electron chi connectivity index (χ4n) is 3.46. The Morgan fingerprint density at radius 2 is 2.00 bits per heavy atom. The highest BCUT2D eigenvalue weighted by atomic mass is 35.5. The lowest BCUT2D eigenvalue weighted by molar-refractivity contribution is -0.119. The normalized spacial score (nSPS) is 21.4. The van der Waals surface area contributed by atoms with Gasteiger partial charge in [0.2, 0.25) is 0 Å². The molecule has 1 atom stereocenters. The van der Waals surface area contributed by atoms with Gasteiger partial charge in [-0.3, -0.25) is 14.5 Å². The number of pyridine rings is 2. The Labute approximate surface area is 186 Å². The van der Waals surface area contributed by atoms with Crippen LogP contribution in [0.3, 0.4) is 0 Å². The summed E-state index contributed by atoms with van der Waals surface area (Å²) in [6, 6.07) is 12.4. The van der Waals surface area contributed by atoms with Crippen molar-refractivity contribution in [2.24, 2.45) is 5.92 Å². The maximum atomic E-state index is 13.4. The minimum atomic E-state index is -3.15. The van der Waals surface area contributed by atoms with Gasteiger partial charge in [0, 0.05) is 34.8 Å². The zero-order valence-corrected chi connectivity index (χ0v) is 16.0. The first-order valence-electron chi connectivity index (χ1n) is 13.0. The third-order valence-electron chi connectivity index (χ3n) is 4.76. The standard InChI is InChI=1S/C23H22ClN3O2/c1-14(2)7-10-16(28)13-19-17-5-3-4-6-18(17)23(29)27(19)21-12-9-15-8-11-20(24)25-22(15)26-21/h3-6,8-9,11-12,14,19H,7,10,13H2,1-2H3/t19-/m0/s1/i1D3,2D3,7D2. The molecule has 0 N–H and O–H groups in total. The molecule has 1 aliphatic heterocycles. The molecule has 0 unspecified atom stereocenters. The molecule has 2 aromatic heterocycles. The number of Topliss-reactive ketones (excluding diaryl/α,β-unsaturated/α-hetero) is 1. The van der Waals surface area contributed by atoms with E-state index in [1.807, 2.05) is 0 Å². The minimum Gasteiger partial charge on any atom is -0.300 e. The summed E-state index contributed by atoms with van der Waals surface area (Å²) in [4.78, 5) is 36.4. The summed E-state index contributed by atoms with van der Waals surface area (Å²) in [7, 11) is 0. The SMILES string of the molecule is [2H]C([2H])([2H])C(C([2H])([2H])[2H])C([2H])([2H])CC(=O)C[C@H]1c2ccccc2C(=O)N1c1ccc2ccc(Cl)nc2n1. The smallest absolute Gasteiger partial charge is 0.260 e. The Morgan fingerprint density at radius 1 is 1.21 bits per heavy atom. The van der Waals surface area contributed by atoms with Gasteiger partial charge in [0.1, 0.15) is 16.8 Å². The second-order valence-electron chi connectivity index (χ2n) is 6.69. The van der Waals surface area contributed by atoms with Crippen molar-refractivity contribution in [3.63, 3.8) is 0 Å². The van der Waals surface area contributed by atoms with Gasteiger partial charge in [-0.05, 0) is 48.2 Å². The van der Waals surface area contributed by atoms with Crippen LogP contribution >= 0.6 is 11.6 Å². The van der Waals surface area contributed by atoms with Gasteiger partial charge in [0.25, 0.3) is 5.91 Å². The average molecular weight is 416 g/mol. The number of fused-ring (bicyclic) bond motifs is 2. The highest BCUT2D eigenvalue weighted by Crippen LogP contribution is 2.39. The molecule has 4 rings (SSSR count). The van der Waals surface area contributed by atoms with Gasteiger partial charge in [-0.25, -0.2) is 9.97 Å². The van der Waals surface area contributed by atoms with Crippen LogP contribution < -0.4 is 4.90 Å². The Morgan fingerprint density at radius 3 is 2.83 bits per heavy atom. The number of carbonyl (C=O) groups excluding carboxylic acids is 2. The number of carbonyl (C=O) groups is 2. The van der Waals surface area contributed by atoms with E-state index in [4.69, 9.17) is 22.6 Å².